The molecule has 0 spiro atoms. The third kappa shape index (κ3) is 8.71. The molecule has 0 aromatic carbocycles. The minimum Gasteiger partial charge on any atom is -0.394 e. The van der Waals surface area contributed by atoms with E-state index in [1.54, 1.807) is 0 Å². The third-order valence-corrected chi connectivity index (χ3v) is 2.33. The Morgan fingerprint density at radius 1 is 0.400 bits per heavy atom. The molecule has 0 bridgehead atoms. The van der Waals surface area contributed by atoms with Crippen LogP contribution in [0.4, 0.5) is 0 Å². The zero-order chi connectivity index (χ0) is 16.3. The summed E-state index contributed by atoms with van der Waals surface area (Å²) >= 11 is 0. The van der Waals surface area contributed by atoms with Crippen LogP contribution in [0.25, 0.3) is 0 Å². The molecule has 124 valence electrons. The molecule has 0 rings (SSSR count). The summed E-state index contributed by atoms with van der Waals surface area (Å²) in [6.07, 6.45) is -8.58. The van der Waals surface area contributed by atoms with Crippen LogP contribution >= 0.6 is 0 Å². The van der Waals surface area contributed by atoms with Crippen LogP contribution in [-0.2, 0) is 0 Å². The predicted molar refractivity (Wildman–Crippen MR) is 64.4 cm³/mol. The van der Waals surface area contributed by atoms with Crippen molar-refractivity contribution in [2.24, 2.45) is 0 Å². The van der Waals surface area contributed by atoms with Crippen molar-refractivity contribution in [2.45, 2.75) is 36.6 Å². The molecule has 10 nitrogen and oxygen atoms in total. The van der Waals surface area contributed by atoms with Crippen LogP contribution in [0.5, 0.6) is 0 Å². The van der Waals surface area contributed by atoms with E-state index in [1.165, 1.54) is 0 Å². The summed E-state index contributed by atoms with van der Waals surface area (Å²) in [7, 11) is 0. The predicted octanol–water partition coefficient (Wildman–Crippen LogP) is -5.89. The molecule has 0 aromatic heterocycles. The van der Waals surface area contributed by atoms with Crippen LogP contribution < -0.4 is 0 Å². The maximum Gasteiger partial charge on any atom is 0.110 e. The molecule has 20 heavy (non-hydrogen) atoms. The Balaban J connectivity index is 0. The standard InChI is InChI=1S/2C5H12O5/c2*6-1-3(8)5(10)4(9)2-7/h2*3-10H,1-2H2/t2*3-,4+,5-. The quantitative estimate of drug-likeness (QED) is 0.206. The molecule has 6 atom stereocenters. The summed E-state index contributed by atoms with van der Waals surface area (Å²) in [4.78, 5) is 0. The molecule has 10 N–H and O–H groups in total. The van der Waals surface area contributed by atoms with E-state index in [-0.39, 0.29) is 0 Å². The second-order valence-corrected chi connectivity index (χ2v) is 3.98. The first-order valence-corrected chi connectivity index (χ1v) is 5.78. The molecule has 0 radical (unpaired) electrons. The van der Waals surface area contributed by atoms with Gasteiger partial charge in [0.05, 0.1) is 26.4 Å². The highest BCUT2D eigenvalue weighted by Crippen LogP contribution is 1.98. The molecular formula is C10H24O10. The van der Waals surface area contributed by atoms with E-state index >= 15 is 0 Å². The lowest BCUT2D eigenvalue weighted by Gasteiger charge is -2.19. The average molecular weight is 304 g/mol. The van der Waals surface area contributed by atoms with Gasteiger partial charge >= 0.3 is 0 Å². The van der Waals surface area contributed by atoms with E-state index < -0.39 is 63.1 Å². The normalized spacial score (nSPS) is 20.1. The molecule has 0 aliphatic carbocycles. The fourth-order valence-electron chi connectivity index (χ4n) is 0.945. The van der Waals surface area contributed by atoms with Gasteiger partial charge in [0.25, 0.3) is 0 Å². The summed E-state index contributed by atoms with van der Waals surface area (Å²) in [5.74, 6) is 0. The Morgan fingerprint density at radius 2 is 0.550 bits per heavy atom. The number of aliphatic hydroxyl groups is 10. The first-order valence-electron chi connectivity index (χ1n) is 5.78. The second kappa shape index (κ2) is 12.3. The summed E-state index contributed by atoms with van der Waals surface area (Å²) in [6, 6.07) is 0. The van der Waals surface area contributed by atoms with E-state index in [4.69, 9.17) is 51.1 Å². The van der Waals surface area contributed by atoms with Crippen LogP contribution in [0.3, 0.4) is 0 Å². The monoisotopic (exact) mass is 304 g/mol. The van der Waals surface area contributed by atoms with Gasteiger partial charge in [-0.25, -0.2) is 0 Å². The molecular weight excluding hydrogens is 280 g/mol. The molecule has 0 saturated carbocycles. The van der Waals surface area contributed by atoms with Gasteiger partial charge in [0.1, 0.15) is 36.6 Å². The van der Waals surface area contributed by atoms with E-state index in [1.807, 2.05) is 0 Å². The van der Waals surface area contributed by atoms with E-state index in [9.17, 15) is 0 Å². The minimum absolute atomic E-state index is 0.641. The van der Waals surface area contributed by atoms with Gasteiger partial charge in [-0.1, -0.05) is 0 Å². The fraction of sp³-hybridized carbons (Fsp3) is 1.00. The summed E-state index contributed by atoms with van der Waals surface area (Å²) in [5, 5.41) is 85.1. The van der Waals surface area contributed by atoms with Gasteiger partial charge in [-0.3, -0.25) is 0 Å². The van der Waals surface area contributed by atoms with Gasteiger partial charge in [-0.05, 0) is 0 Å². The van der Waals surface area contributed by atoms with Gasteiger partial charge in [0.15, 0.2) is 0 Å². The number of hydrogen-bond acceptors (Lipinski definition) is 10. The Bertz CT molecular complexity index is 174. The first-order chi connectivity index (χ1) is 9.26. The van der Waals surface area contributed by atoms with E-state index in [0.29, 0.717) is 0 Å². The lowest BCUT2D eigenvalue weighted by molar-refractivity contribution is -0.0900. The third-order valence-electron chi connectivity index (χ3n) is 2.33. The van der Waals surface area contributed by atoms with Gasteiger partial charge in [0.2, 0.25) is 0 Å². The highest BCUT2D eigenvalue weighted by Gasteiger charge is 2.23. The highest BCUT2D eigenvalue weighted by atomic mass is 16.4. The van der Waals surface area contributed by atoms with E-state index in [0.717, 1.165) is 0 Å². The average Bonchev–Trinajstić information content (AvgIpc) is 2.50. The summed E-state index contributed by atoms with van der Waals surface area (Å²) in [5.41, 5.74) is 0. The smallest absolute Gasteiger partial charge is 0.110 e. The SMILES string of the molecule is OC[C@@H](O)[C@@H](O)[C@@H](O)CO.OC[C@@H](O)[C@@H](O)[C@@H](O)CO. The van der Waals surface area contributed by atoms with Crippen molar-refractivity contribution in [1.29, 1.82) is 0 Å². The van der Waals surface area contributed by atoms with Crippen LogP contribution in [0.1, 0.15) is 0 Å². The van der Waals surface area contributed by atoms with Gasteiger partial charge < -0.3 is 51.1 Å². The van der Waals surface area contributed by atoms with Crippen LogP contribution in [0.15, 0.2) is 0 Å². The fourth-order valence-corrected chi connectivity index (χ4v) is 0.945. The number of aliphatic hydroxyl groups excluding tert-OH is 10. The van der Waals surface area contributed by atoms with Gasteiger partial charge in [-0.15, -0.1) is 0 Å². The van der Waals surface area contributed by atoms with Gasteiger partial charge in [0, 0.05) is 0 Å². The van der Waals surface area contributed by atoms with Crippen molar-refractivity contribution < 1.29 is 51.1 Å². The first kappa shape index (κ1) is 21.9. The van der Waals surface area contributed by atoms with Crippen molar-refractivity contribution in [1.82, 2.24) is 0 Å². The molecule has 0 unspecified atom stereocenters. The molecule has 0 aliphatic heterocycles. The molecule has 0 aromatic rings. The van der Waals surface area contributed by atoms with Crippen LogP contribution in [-0.4, -0.2) is 114 Å². The Kier molecular flexibility index (Phi) is 13.5. The van der Waals surface area contributed by atoms with Crippen molar-refractivity contribution in [3.8, 4) is 0 Å². The second-order valence-electron chi connectivity index (χ2n) is 3.98. The lowest BCUT2D eigenvalue weighted by Crippen LogP contribution is -2.41. The van der Waals surface area contributed by atoms with Crippen molar-refractivity contribution in [2.75, 3.05) is 26.4 Å². The molecule has 0 amide bonds. The molecule has 0 fully saturated rings. The summed E-state index contributed by atoms with van der Waals surface area (Å²) in [6.45, 7) is -2.56. The maximum atomic E-state index is 8.77. The number of hydrogen-bond donors (Lipinski definition) is 10. The van der Waals surface area contributed by atoms with Crippen LogP contribution in [0, 0.1) is 0 Å². The number of rotatable bonds is 8. The molecule has 10 heteroatoms. The van der Waals surface area contributed by atoms with Crippen molar-refractivity contribution in [3.05, 3.63) is 0 Å². The molecule has 0 saturated heterocycles. The largest absolute Gasteiger partial charge is 0.394 e. The lowest BCUT2D eigenvalue weighted by atomic mass is 10.1. The maximum absolute atomic E-state index is 8.77. The zero-order valence-electron chi connectivity index (χ0n) is 10.8. The highest BCUT2D eigenvalue weighted by molar-refractivity contribution is 4.73. The topological polar surface area (TPSA) is 202 Å². The minimum atomic E-state index is -1.49. The Labute approximate surface area is 115 Å². The zero-order valence-corrected chi connectivity index (χ0v) is 10.8. The van der Waals surface area contributed by atoms with Crippen molar-refractivity contribution in [3.63, 3.8) is 0 Å². The molecule has 0 aliphatic rings. The van der Waals surface area contributed by atoms with Gasteiger partial charge in [-0.2, -0.15) is 0 Å². The van der Waals surface area contributed by atoms with Crippen LogP contribution in [0.2, 0.25) is 0 Å². The van der Waals surface area contributed by atoms with Crippen molar-refractivity contribution >= 4 is 0 Å². The summed E-state index contributed by atoms with van der Waals surface area (Å²) < 4.78 is 0. The molecule has 0 heterocycles. The van der Waals surface area contributed by atoms with E-state index in [2.05, 4.69) is 0 Å². The Morgan fingerprint density at radius 3 is 0.650 bits per heavy atom. The Hall–Kier alpha value is -0.400.